The molecule has 1 fully saturated rings. The summed E-state index contributed by atoms with van der Waals surface area (Å²) >= 11 is 0. The van der Waals surface area contributed by atoms with Gasteiger partial charge in [-0.15, -0.1) is 0 Å². The molecular formula is C11H22N2O2. The molecule has 1 aliphatic rings. The molecule has 0 aliphatic carbocycles. The van der Waals surface area contributed by atoms with E-state index < -0.39 is 5.97 Å². The highest BCUT2D eigenvalue weighted by atomic mass is 16.4. The minimum Gasteiger partial charge on any atom is -0.480 e. The Balaban J connectivity index is 2.39. The van der Waals surface area contributed by atoms with E-state index in [4.69, 9.17) is 5.11 Å². The summed E-state index contributed by atoms with van der Waals surface area (Å²) in [5, 5.41) is 8.68. The molecule has 0 aromatic rings. The zero-order valence-electron chi connectivity index (χ0n) is 9.99. The maximum absolute atomic E-state index is 10.5. The third kappa shape index (κ3) is 3.47. The molecule has 4 nitrogen and oxygen atoms in total. The predicted molar refractivity (Wildman–Crippen MR) is 60.0 cm³/mol. The quantitative estimate of drug-likeness (QED) is 0.754. The minimum absolute atomic E-state index is 0.181. The molecule has 1 heterocycles. The van der Waals surface area contributed by atoms with Gasteiger partial charge in [0.15, 0.2) is 0 Å². The normalized spacial score (nSPS) is 20.5. The Morgan fingerprint density at radius 3 is 2.20 bits per heavy atom. The van der Waals surface area contributed by atoms with Gasteiger partial charge in [0.05, 0.1) is 6.54 Å². The van der Waals surface area contributed by atoms with Crippen molar-refractivity contribution in [2.75, 3.05) is 32.7 Å². The van der Waals surface area contributed by atoms with Crippen molar-refractivity contribution in [1.29, 1.82) is 0 Å². The fourth-order valence-corrected chi connectivity index (χ4v) is 1.93. The molecule has 88 valence electrons. The molecule has 1 saturated heterocycles. The summed E-state index contributed by atoms with van der Waals surface area (Å²) in [5.41, 5.74) is 0.245. The molecule has 0 saturated carbocycles. The number of carboxylic acids is 1. The first-order chi connectivity index (χ1) is 6.95. The highest BCUT2D eigenvalue weighted by Gasteiger charge is 2.28. The molecule has 4 heteroatoms. The van der Waals surface area contributed by atoms with Crippen molar-refractivity contribution in [3.63, 3.8) is 0 Å². The van der Waals surface area contributed by atoms with Crippen LogP contribution in [0.15, 0.2) is 0 Å². The molecule has 0 atom stereocenters. The first-order valence-electron chi connectivity index (χ1n) is 5.65. The highest BCUT2D eigenvalue weighted by Crippen LogP contribution is 2.19. The Kier molecular flexibility index (Phi) is 4.11. The molecule has 1 N–H and O–H groups in total. The summed E-state index contributed by atoms with van der Waals surface area (Å²) in [4.78, 5) is 15.0. The number of carboxylic acid groups (broad SMARTS) is 1. The van der Waals surface area contributed by atoms with Crippen LogP contribution in [0.5, 0.6) is 0 Å². The van der Waals surface area contributed by atoms with E-state index >= 15 is 0 Å². The Bertz CT molecular complexity index is 221. The number of carbonyl (C=O) groups is 1. The zero-order chi connectivity index (χ0) is 11.5. The topological polar surface area (TPSA) is 43.8 Å². The van der Waals surface area contributed by atoms with Crippen LogP contribution < -0.4 is 0 Å². The summed E-state index contributed by atoms with van der Waals surface area (Å²) in [6.45, 7) is 10.6. The van der Waals surface area contributed by atoms with Crippen LogP contribution in [0.2, 0.25) is 0 Å². The Labute approximate surface area is 91.9 Å². The summed E-state index contributed by atoms with van der Waals surface area (Å²) < 4.78 is 0. The first kappa shape index (κ1) is 12.5. The maximum atomic E-state index is 10.5. The summed E-state index contributed by atoms with van der Waals surface area (Å²) in [7, 11) is 0. The van der Waals surface area contributed by atoms with Crippen LogP contribution in [-0.4, -0.2) is 59.1 Å². The number of nitrogens with zero attached hydrogens (tertiary/aromatic N) is 2. The van der Waals surface area contributed by atoms with E-state index in [1.165, 1.54) is 0 Å². The highest BCUT2D eigenvalue weighted by molar-refractivity contribution is 5.69. The van der Waals surface area contributed by atoms with Crippen molar-refractivity contribution in [2.45, 2.75) is 32.7 Å². The van der Waals surface area contributed by atoms with Crippen LogP contribution in [0.1, 0.15) is 27.2 Å². The lowest BCUT2D eigenvalue weighted by Gasteiger charge is -2.43. The number of aliphatic carboxylic acids is 1. The third-order valence-electron chi connectivity index (χ3n) is 3.45. The van der Waals surface area contributed by atoms with Crippen molar-refractivity contribution in [2.24, 2.45) is 0 Å². The lowest BCUT2D eigenvalue weighted by Crippen LogP contribution is -2.55. The van der Waals surface area contributed by atoms with Gasteiger partial charge in [-0.2, -0.15) is 0 Å². The number of hydrogen-bond acceptors (Lipinski definition) is 3. The zero-order valence-corrected chi connectivity index (χ0v) is 9.99. The molecule has 1 rings (SSSR count). The van der Waals surface area contributed by atoms with Crippen molar-refractivity contribution in [3.8, 4) is 0 Å². The van der Waals surface area contributed by atoms with Crippen LogP contribution >= 0.6 is 0 Å². The standard InChI is InChI=1S/C11H22N2O2/c1-4-11(2,3)13-7-5-12(6-8-13)9-10(14)15/h4-9H2,1-3H3,(H,14,15). The van der Waals surface area contributed by atoms with Gasteiger partial charge < -0.3 is 5.11 Å². The van der Waals surface area contributed by atoms with Gasteiger partial charge in [0.25, 0.3) is 0 Å². The number of hydrogen-bond donors (Lipinski definition) is 1. The predicted octanol–water partition coefficient (Wildman–Crippen LogP) is 0.877. The molecule has 0 bridgehead atoms. The summed E-state index contributed by atoms with van der Waals surface area (Å²) in [6, 6.07) is 0. The Morgan fingerprint density at radius 1 is 1.27 bits per heavy atom. The Hall–Kier alpha value is -0.610. The average molecular weight is 214 g/mol. The number of piperazine rings is 1. The van der Waals surface area contributed by atoms with Gasteiger partial charge in [0, 0.05) is 31.7 Å². The van der Waals surface area contributed by atoms with E-state index in [0.29, 0.717) is 0 Å². The molecule has 0 aromatic heterocycles. The molecule has 0 radical (unpaired) electrons. The second-order valence-electron chi connectivity index (χ2n) is 4.82. The second kappa shape index (κ2) is 4.94. The molecule has 15 heavy (non-hydrogen) atoms. The summed E-state index contributed by atoms with van der Waals surface area (Å²) in [6.07, 6.45) is 1.13. The third-order valence-corrected chi connectivity index (χ3v) is 3.45. The van der Waals surface area contributed by atoms with Gasteiger partial charge >= 0.3 is 5.97 Å². The van der Waals surface area contributed by atoms with E-state index in [1.807, 2.05) is 4.90 Å². The van der Waals surface area contributed by atoms with Crippen molar-refractivity contribution in [3.05, 3.63) is 0 Å². The average Bonchev–Trinajstić information content (AvgIpc) is 2.18. The van der Waals surface area contributed by atoms with Crippen LogP contribution in [0.25, 0.3) is 0 Å². The number of rotatable bonds is 4. The van der Waals surface area contributed by atoms with E-state index in [0.717, 1.165) is 32.6 Å². The monoisotopic (exact) mass is 214 g/mol. The lowest BCUT2D eigenvalue weighted by atomic mass is 9.98. The first-order valence-corrected chi connectivity index (χ1v) is 5.65. The second-order valence-corrected chi connectivity index (χ2v) is 4.82. The van der Waals surface area contributed by atoms with E-state index in [2.05, 4.69) is 25.7 Å². The van der Waals surface area contributed by atoms with Gasteiger partial charge in [-0.3, -0.25) is 14.6 Å². The van der Waals surface area contributed by atoms with Crippen molar-refractivity contribution >= 4 is 5.97 Å². The van der Waals surface area contributed by atoms with Crippen LogP contribution in [0.4, 0.5) is 0 Å². The Morgan fingerprint density at radius 2 is 1.80 bits per heavy atom. The van der Waals surface area contributed by atoms with E-state index in [-0.39, 0.29) is 12.1 Å². The van der Waals surface area contributed by atoms with Gasteiger partial charge in [0.2, 0.25) is 0 Å². The fraction of sp³-hybridized carbons (Fsp3) is 0.909. The van der Waals surface area contributed by atoms with Crippen molar-refractivity contribution in [1.82, 2.24) is 9.80 Å². The SMILES string of the molecule is CCC(C)(C)N1CCN(CC(=O)O)CC1. The van der Waals surface area contributed by atoms with Gasteiger partial charge in [-0.1, -0.05) is 6.92 Å². The molecule has 0 amide bonds. The molecule has 1 aliphatic heterocycles. The van der Waals surface area contributed by atoms with Crippen LogP contribution in [0.3, 0.4) is 0 Å². The fourth-order valence-electron chi connectivity index (χ4n) is 1.93. The largest absolute Gasteiger partial charge is 0.480 e. The van der Waals surface area contributed by atoms with Gasteiger partial charge in [-0.05, 0) is 20.3 Å². The lowest BCUT2D eigenvalue weighted by molar-refractivity contribution is -0.138. The molecular weight excluding hydrogens is 192 g/mol. The van der Waals surface area contributed by atoms with E-state index in [1.54, 1.807) is 0 Å². The molecule has 0 unspecified atom stereocenters. The van der Waals surface area contributed by atoms with Crippen LogP contribution in [-0.2, 0) is 4.79 Å². The van der Waals surface area contributed by atoms with Crippen LogP contribution in [0, 0.1) is 0 Å². The smallest absolute Gasteiger partial charge is 0.317 e. The van der Waals surface area contributed by atoms with E-state index in [9.17, 15) is 4.79 Å². The summed E-state index contributed by atoms with van der Waals surface area (Å²) in [5.74, 6) is -0.724. The molecule has 0 spiro atoms. The minimum atomic E-state index is -0.724. The van der Waals surface area contributed by atoms with Gasteiger partial charge in [-0.25, -0.2) is 0 Å². The van der Waals surface area contributed by atoms with Crippen molar-refractivity contribution < 1.29 is 9.90 Å². The van der Waals surface area contributed by atoms with Gasteiger partial charge in [0.1, 0.15) is 0 Å². The molecule has 0 aromatic carbocycles. The maximum Gasteiger partial charge on any atom is 0.317 e.